The third-order valence-electron chi connectivity index (χ3n) is 1.87. The van der Waals surface area contributed by atoms with E-state index in [9.17, 15) is 4.79 Å². The molecule has 0 saturated carbocycles. The van der Waals surface area contributed by atoms with Crippen LogP contribution in [0.15, 0.2) is 34.8 Å². The summed E-state index contributed by atoms with van der Waals surface area (Å²) in [6, 6.07) is 7.96. The van der Waals surface area contributed by atoms with Gasteiger partial charge >= 0.3 is 0 Å². The standard InChI is InChI=1S/C11H11BrO/c1-2-9(7-8-13)10-3-5-11(12)6-4-10/h3-8H,2H2,1H3/b9-7-. The average molecular weight is 239 g/mol. The summed E-state index contributed by atoms with van der Waals surface area (Å²) in [6.07, 6.45) is 3.32. The van der Waals surface area contributed by atoms with Gasteiger partial charge in [-0.25, -0.2) is 0 Å². The fraction of sp³-hybridized carbons (Fsp3) is 0.182. The van der Waals surface area contributed by atoms with E-state index in [0.717, 1.165) is 28.3 Å². The van der Waals surface area contributed by atoms with Gasteiger partial charge in [-0.2, -0.15) is 0 Å². The van der Waals surface area contributed by atoms with E-state index in [-0.39, 0.29) is 0 Å². The van der Waals surface area contributed by atoms with E-state index in [2.05, 4.69) is 15.9 Å². The van der Waals surface area contributed by atoms with E-state index in [1.165, 1.54) is 0 Å². The van der Waals surface area contributed by atoms with Crippen LogP contribution in [0.5, 0.6) is 0 Å². The number of hydrogen-bond acceptors (Lipinski definition) is 1. The first-order valence-corrected chi connectivity index (χ1v) is 4.97. The van der Waals surface area contributed by atoms with Crippen LogP contribution < -0.4 is 0 Å². The summed E-state index contributed by atoms with van der Waals surface area (Å²) in [5.74, 6) is 0. The second-order valence-corrected chi connectivity index (χ2v) is 3.60. The van der Waals surface area contributed by atoms with Gasteiger partial charge in [-0.05, 0) is 35.8 Å². The van der Waals surface area contributed by atoms with Crippen LogP contribution in [0, 0.1) is 0 Å². The minimum atomic E-state index is 0.834. The molecule has 0 radical (unpaired) electrons. The van der Waals surface area contributed by atoms with Crippen molar-refractivity contribution in [3.63, 3.8) is 0 Å². The molecule has 0 atom stereocenters. The molecule has 2 heteroatoms. The summed E-state index contributed by atoms with van der Waals surface area (Å²) in [7, 11) is 0. The molecule has 1 aromatic rings. The van der Waals surface area contributed by atoms with Crippen LogP contribution >= 0.6 is 15.9 Å². The van der Waals surface area contributed by atoms with Crippen molar-refractivity contribution in [2.24, 2.45) is 0 Å². The first kappa shape index (κ1) is 10.2. The van der Waals surface area contributed by atoms with Gasteiger partial charge in [-0.1, -0.05) is 35.0 Å². The van der Waals surface area contributed by atoms with E-state index < -0.39 is 0 Å². The number of carbonyl (C=O) groups is 1. The SMILES string of the molecule is CC/C(=C/C=O)c1ccc(Br)cc1. The second-order valence-electron chi connectivity index (χ2n) is 2.69. The molecule has 0 spiro atoms. The molecular formula is C11H11BrO. The van der Waals surface area contributed by atoms with Gasteiger partial charge in [0.2, 0.25) is 0 Å². The predicted molar refractivity (Wildman–Crippen MR) is 58.5 cm³/mol. The zero-order valence-electron chi connectivity index (χ0n) is 7.46. The number of benzene rings is 1. The zero-order chi connectivity index (χ0) is 9.68. The maximum atomic E-state index is 10.3. The Kier molecular flexibility index (Phi) is 3.90. The van der Waals surface area contributed by atoms with Gasteiger partial charge in [0, 0.05) is 4.47 Å². The third kappa shape index (κ3) is 2.81. The van der Waals surface area contributed by atoms with Crippen LogP contribution in [-0.4, -0.2) is 6.29 Å². The maximum Gasteiger partial charge on any atom is 0.143 e. The van der Waals surface area contributed by atoms with Gasteiger partial charge in [0.1, 0.15) is 6.29 Å². The number of carbonyl (C=O) groups excluding carboxylic acids is 1. The van der Waals surface area contributed by atoms with E-state index in [0.29, 0.717) is 0 Å². The van der Waals surface area contributed by atoms with Crippen LogP contribution in [0.3, 0.4) is 0 Å². The Balaban J connectivity index is 2.99. The molecule has 1 aromatic carbocycles. The number of allylic oxidation sites excluding steroid dienone is 2. The lowest BCUT2D eigenvalue weighted by molar-refractivity contribution is -0.104. The number of rotatable bonds is 3. The van der Waals surface area contributed by atoms with Gasteiger partial charge in [-0.3, -0.25) is 4.79 Å². The lowest BCUT2D eigenvalue weighted by Gasteiger charge is -2.02. The van der Waals surface area contributed by atoms with Crippen LogP contribution in [0.1, 0.15) is 18.9 Å². The van der Waals surface area contributed by atoms with Crippen molar-refractivity contribution in [2.75, 3.05) is 0 Å². The predicted octanol–water partition coefficient (Wildman–Crippen LogP) is 3.44. The Labute approximate surface area is 86.6 Å². The lowest BCUT2D eigenvalue weighted by atomic mass is 10.0. The minimum absolute atomic E-state index is 0.834. The second kappa shape index (κ2) is 4.97. The van der Waals surface area contributed by atoms with Crippen LogP contribution in [0.25, 0.3) is 5.57 Å². The Bertz CT molecular complexity index is 311. The lowest BCUT2D eigenvalue weighted by Crippen LogP contribution is -1.82. The van der Waals surface area contributed by atoms with Gasteiger partial charge in [0.25, 0.3) is 0 Å². The van der Waals surface area contributed by atoms with E-state index in [1.54, 1.807) is 6.08 Å². The molecule has 13 heavy (non-hydrogen) atoms. The number of hydrogen-bond donors (Lipinski definition) is 0. The Morgan fingerprint density at radius 1 is 1.38 bits per heavy atom. The van der Waals surface area contributed by atoms with Crippen molar-refractivity contribution in [3.05, 3.63) is 40.4 Å². The van der Waals surface area contributed by atoms with E-state index in [4.69, 9.17) is 0 Å². The van der Waals surface area contributed by atoms with Gasteiger partial charge in [0.05, 0.1) is 0 Å². The summed E-state index contributed by atoms with van der Waals surface area (Å²) in [6.45, 7) is 2.04. The molecule has 0 aliphatic rings. The average Bonchev–Trinajstić information content (AvgIpc) is 2.16. The largest absolute Gasteiger partial charge is 0.299 e. The molecule has 0 unspecified atom stereocenters. The molecule has 1 rings (SSSR count). The zero-order valence-corrected chi connectivity index (χ0v) is 9.04. The summed E-state index contributed by atoms with van der Waals surface area (Å²) in [4.78, 5) is 10.3. The molecule has 0 saturated heterocycles. The molecule has 68 valence electrons. The molecule has 1 nitrogen and oxygen atoms in total. The first-order valence-electron chi connectivity index (χ1n) is 4.18. The van der Waals surface area contributed by atoms with Crippen molar-refractivity contribution in [1.29, 1.82) is 0 Å². The third-order valence-corrected chi connectivity index (χ3v) is 2.39. The Hall–Kier alpha value is -0.890. The monoisotopic (exact) mass is 238 g/mol. The molecule has 0 fully saturated rings. The quantitative estimate of drug-likeness (QED) is 0.583. The molecule has 0 amide bonds. The highest BCUT2D eigenvalue weighted by atomic mass is 79.9. The maximum absolute atomic E-state index is 10.3. The van der Waals surface area contributed by atoms with Crippen molar-refractivity contribution in [3.8, 4) is 0 Å². The number of halogens is 1. The summed E-state index contributed by atoms with van der Waals surface area (Å²) < 4.78 is 1.05. The topological polar surface area (TPSA) is 17.1 Å². The van der Waals surface area contributed by atoms with E-state index >= 15 is 0 Å². The van der Waals surface area contributed by atoms with Crippen molar-refractivity contribution >= 4 is 27.8 Å². The van der Waals surface area contributed by atoms with E-state index in [1.807, 2.05) is 31.2 Å². The molecule has 0 bridgehead atoms. The first-order chi connectivity index (χ1) is 6.27. The fourth-order valence-corrected chi connectivity index (χ4v) is 1.43. The Morgan fingerprint density at radius 2 is 2.00 bits per heavy atom. The normalized spacial score (nSPS) is 11.4. The molecule has 0 aromatic heterocycles. The van der Waals surface area contributed by atoms with Crippen LogP contribution in [-0.2, 0) is 4.79 Å². The van der Waals surface area contributed by atoms with Crippen molar-refractivity contribution < 1.29 is 4.79 Å². The van der Waals surface area contributed by atoms with Crippen LogP contribution in [0.4, 0.5) is 0 Å². The molecular weight excluding hydrogens is 228 g/mol. The molecule has 0 aliphatic heterocycles. The highest BCUT2D eigenvalue weighted by Gasteiger charge is 1.97. The summed E-state index contributed by atoms with van der Waals surface area (Å²) in [5.41, 5.74) is 2.18. The van der Waals surface area contributed by atoms with Crippen molar-refractivity contribution in [1.82, 2.24) is 0 Å². The Morgan fingerprint density at radius 3 is 2.46 bits per heavy atom. The van der Waals surface area contributed by atoms with Crippen molar-refractivity contribution in [2.45, 2.75) is 13.3 Å². The van der Waals surface area contributed by atoms with Crippen LogP contribution in [0.2, 0.25) is 0 Å². The molecule has 0 heterocycles. The summed E-state index contributed by atoms with van der Waals surface area (Å²) in [5, 5.41) is 0. The smallest absolute Gasteiger partial charge is 0.143 e. The van der Waals surface area contributed by atoms with Gasteiger partial charge < -0.3 is 0 Å². The highest BCUT2D eigenvalue weighted by Crippen LogP contribution is 2.19. The highest BCUT2D eigenvalue weighted by molar-refractivity contribution is 9.10. The van der Waals surface area contributed by atoms with Gasteiger partial charge in [-0.15, -0.1) is 0 Å². The summed E-state index contributed by atoms with van der Waals surface area (Å²) >= 11 is 3.37. The van der Waals surface area contributed by atoms with Gasteiger partial charge in [0.15, 0.2) is 0 Å². The fourth-order valence-electron chi connectivity index (χ4n) is 1.16. The molecule has 0 N–H and O–H groups in total. The minimum Gasteiger partial charge on any atom is -0.299 e. The molecule has 0 aliphatic carbocycles. The number of aldehydes is 1.